The fourth-order valence-corrected chi connectivity index (χ4v) is 2.53. The van der Waals surface area contributed by atoms with Crippen molar-refractivity contribution in [2.75, 3.05) is 27.2 Å². The SMILES string of the molecule is CNCCN(C)C(=O)c1csc(-c2ccccc2F)n1.Cl.Cl. The fourth-order valence-electron chi connectivity index (χ4n) is 1.71. The highest BCUT2D eigenvalue weighted by Crippen LogP contribution is 2.26. The third-order valence-electron chi connectivity index (χ3n) is 2.87. The van der Waals surface area contributed by atoms with Crippen molar-refractivity contribution in [3.8, 4) is 10.6 Å². The van der Waals surface area contributed by atoms with Crippen LogP contribution in [0.2, 0.25) is 0 Å². The van der Waals surface area contributed by atoms with E-state index in [1.54, 1.807) is 35.5 Å². The Kier molecular flexibility index (Phi) is 9.20. The van der Waals surface area contributed by atoms with Gasteiger partial charge in [0.1, 0.15) is 16.5 Å². The highest BCUT2D eigenvalue weighted by molar-refractivity contribution is 7.13. The van der Waals surface area contributed by atoms with Crippen molar-refractivity contribution < 1.29 is 9.18 Å². The highest BCUT2D eigenvalue weighted by Gasteiger charge is 2.16. The maximum atomic E-state index is 13.7. The van der Waals surface area contributed by atoms with E-state index >= 15 is 0 Å². The molecular weight excluding hydrogens is 348 g/mol. The maximum absolute atomic E-state index is 13.7. The monoisotopic (exact) mass is 365 g/mol. The van der Waals surface area contributed by atoms with Gasteiger partial charge in [0.25, 0.3) is 5.91 Å². The van der Waals surface area contributed by atoms with Crippen LogP contribution in [0.3, 0.4) is 0 Å². The first-order chi connectivity index (χ1) is 9.63. The summed E-state index contributed by atoms with van der Waals surface area (Å²) in [7, 11) is 3.55. The van der Waals surface area contributed by atoms with Gasteiger partial charge in [0, 0.05) is 31.1 Å². The van der Waals surface area contributed by atoms with Crippen molar-refractivity contribution in [1.82, 2.24) is 15.2 Å². The molecule has 2 aromatic rings. The molecule has 8 heteroatoms. The second-order valence-corrected chi connectivity index (χ2v) is 5.21. The van der Waals surface area contributed by atoms with Crippen molar-refractivity contribution in [2.45, 2.75) is 0 Å². The molecule has 0 saturated heterocycles. The molecule has 1 aromatic carbocycles. The van der Waals surface area contributed by atoms with Crippen LogP contribution in [0.15, 0.2) is 29.6 Å². The minimum Gasteiger partial charge on any atom is -0.339 e. The molecule has 0 saturated carbocycles. The van der Waals surface area contributed by atoms with Crippen LogP contribution in [-0.2, 0) is 0 Å². The first kappa shape index (κ1) is 20.8. The predicted octanol–water partition coefficient (Wildman–Crippen LogP) is 3.08. The Labute approximate surface area is 145 Å². The summed E-state index contributed by atoms with van der Waals surface area (Å²) in [6, 6.07) is 6.43. The van der Waals surface area contributed by atoms with Crippen molar-refractivity contribution in [2.24, 2.45) is 0 Å². The average molecular weight is 366 g/mol. The molecule has 1 aromatic heterocycles. The van der Waals surface area contributed by atoms with Gasteiger partial charge < -0.3 is 10.2 Å². The number of rotatable bonds is 5. The van der Waals surface area contributed by atoms with Crippen LogP contribution in [0, 0.1) is 5.82 Å². The summed E-state index contributed by atoms with van der Waals surface area (Å²) in [6.45, 7) is 1.31. The number of carbonyl (C=O) groups excluding carboxylic acids is 1. The standard InChI is InChI=1S/C14H16FN3OS.2ClH/c1-16-7-8-18(2)14(19)12-9-20-13(17-12)10-5-3-4-6-11(10)15;;/h3-6,9,16H,7-8H2,1-2H3;2*1H. The normalized spacial score (nSPS) is 9.59. The van der Waals surface area contributed by atoms with Crippen LogP contribution < -0.4 is 5.32 Å². The lowest BCUT2D eigenvalue weighted by molar-refractivity contribution is 0.0792. The van der Waals surface area contributed by atoms with E-state index in [1.807, 2.05) is 7.05 Å². The Hall–Kier alpha value is -1.21. The van der Waals surface area contributed by atoms with Gasteiger partial charge in [0.05, 0.1) is 0 Å². The molecule has 0 atom stereocenters. The molecule has 1 heterocycles. The lowest BCUT2D eigenvalue weighted by Gasteiger charge is -2.15. The van der Waals surface area contributed by atoms with Crippen LogP contribution in [-0.4, -0.2) is 43.0 Å². The number of halogens is 3. The van der Waals surface area contributed by atoms with Crippen LogP contribution >= 0.6 is 36.2 Å². The highest BCUT2D eigenvalue weighted by atomic mass is 35.5. The van der Waals surface area contributed by atoms with E-state index in [9.17, 15) is 9.18 Å². The van der Waals surface area contributed by atoms with Gasteiger partial charge in [-0.1, -0.05) is 12.1 Å². The van der Waals surface area contributed by atoms with Crippen molar-refractivity contribution in [1.29, 1.82) is 0 Å². The average Bonchev–Trinajstić information content (AvgIpc) is 2.94. The quantitative estimate of drug-likeness (QED) is 0.885. The van der Waals surface area contributed by atoms with Gasteiger partial charge in [-0.25, -0.2) is 9.37 Å². The third kappa shape index (κ3) is 4.91. The van der Waals surface area contributed by atoms with Crippen LogP contribution in [0.5, 0.6) is 0 Å². The molecule has 0 aliphatic rings. The van der Waals surface area contributed by atoms with Crippen LogP contribution in [0.25, 0.3) is 10.6 Å². The van der Waals surface area contributed by atoms with Gasteiger partial charge in [-0.3, -0.25) is 4.79 Å². The van der Waals surface area contributed by atoms with E-state index in [0.717, 1.165) is 0 Å². The summed E-state index contributed by atoms with van der Waals surface area (Å²) in [6.07, 6.45) is 0. The number of hydrogen-bond donors (Lipinski definition) is 1. The summed E-state index contributed by atoms with van der Waals surface area (Å²) >= 11 is 1.27. The summed E-state index contributed by atoms with van der Waals surface area (Å²) in [5.74, 6) is -0.483. The van der Waals surface area contributed by atoms with Gasteiger partial charge in [-0.15, -0.1) is 36.2 Å². The Morgan fingerprint density at radius 2 is 2.05 bits per heavy atom. The van der Waals surface area contributed by atoms with Crippen LogP contribution in [0.1, 0.15) is 10.5 Å². The van der Waals surface area contributed by atoms with E-state index < -0.39 is 0 Å². The molecular formula is C14H18Cl2FN3OS. The molecule has 1 amide bonds. The van der Waals surface area contributed by atoms with Crippen LogP contribution in [0.4, 0.5) is 4.39 Å². The number of hydrogen-bond acceptors (Lipinski definition) is 4. The number of nitrogens with one attached hydrogen (secondary N) is 1. The molecule has 122 valence electrons. The molecule has 22 heavy (non-hydrogen) atoms. The van der Waals surface area contributed by atoms with Gasteiger partial charge in [-0.2, -0.15) is 0 Å². The van der Waals surface area contributed by atoms with Gasteiger partial charge >= 0.3 is 0 Å². The topological polar surface area (TPSA) is 45.2 Å². The second-order valence-electron chi connectivity index (χ2n) is 4.35. The van der Waals surface area contributed by atoms with Crippen molar-refractivity contribution in [3.63, 3.8) is 0 Å². The van der Waals surface area contributed by atoms with Gasteiger partial charge in [0.2, 0.25) is 0 Å². The van der Waals surface area contributed by atoms with E-state index in [1.165, 1.54) is 17.4 Å². The Morgan fingerprint density at radius 3 is 2.68 bits per heavy atom. The number of benzene rings is 1. The lowest BCUT2D eigenvalue weighted by atomic mass is 10.2. The molecule has 0 bridgehead atoms. The van der Waals surface area contributed by atoms with E-state index in [4.69, 9.17) is 0 Å². The first-order valence-electron chi connectivity index (χ1n) is 6.24. The zero-order valence-corrected chi connectivity index (χ0v) is 14.7. The van der Waals surface area contributed by atoms with Crippen molar-refractivity contribution in [3.05, 3.63) is 41.2 Å². The molecule has 0 aliphatic heterocycles. The van der Waals surface area contributed by atoms with E-state index in [-0.39, 0.29) is 36.5 Å². The minimum atomic E-state index is -0.329. The molecule has 0 spiro atoms. The summed E-state index contributed by atoms with van der Waals surface area (Å²) < 4.78 is 13.7. The van der Waals surface area contributed by atoms with E-state index in [2.05, 4.69) is 10.3 Å². The molecule has 0 aliphatic carbocycles. The second kappa shape index (κ2) is 9.74. The van der Waals surface area contributed by atoms with E-state index in [0.29, 0.717) is 29.4 Å². The first-order valence-corrected chi connectivity index (χ1v) is 7.12. The summed E-state index contributed by atoms with van der Waals surface area (Å²) in [5, 5.41) is 5.17. The smallest absolute Gasteiger partial charge is 0.273 e. The third-order valence-corrected chi connectivity index (χ3v) is 3.75. The number of nitrogens with zero attached hydrogens (tertiary/aromatic N) is 2. The van der Waals surface area contributed by atoms with Crippen molar-refractivity contribution >= 4 is 42.1 Å². The number of thiazole rings is 1. The molecule has 2 rings (SSSR count). The van der Waals surface area contributed by atoms with Gasteiger partial charge in [-0.05, 0) is 19.2 Å². The summed E-state index contributed by atoms with van der Waals surface area (Å²) in [4.78, 5) is 18.0. The zero-order valence-electron chi connectivity index (χ0n) is 12.2. The molecule has 0 fully saturated rings. The molecule has 0 radical (unpaired) electrons. The Morgan fingerprint density at radius 1 is 1.36 bits per heavy atom. The number of carbonyl (C=O) groups is 1. The Balaban J connectivity index is 0.00000220. The van der Waals surface area contributed by atoms with Gasteiger partial charge in [0.15, 0.2) is 0 Å². The maximum Gasteiger partial charge on any atom is 0.273 e. The largest absolute Gasteiger partial charge is 0.339 e. The zero-order chi connectivity index (χ0) is 14.5. The molecule has 1 N–H and O–H groups in total. The summed E-state index contributed by atoms with van der Waals surface area (Å²) in [5.41, 5.74) is 0.779. The molecule has 0 unspecified atom stereocenters. The fraction of sp³-hybridized carbons (Fsp3) is 0.286. The number of aromatic nitrogens is 1. The Bertz CT molecular complexity index is 609. The number of likely N-dealkylation sites (N-methyl/N-ethyl adjacent to an activating group) is 2. The number of amides is 1. The molecule has 4 nitrogen and oxygen atoms in total. The lowest BCUT2D eigenvalue weighted by Crippen LogP contribution is -2.32. The minimum absolute atomic E-state index is 0. The predicted molar refractivity (Wildman–Crippen MR) is 92.9 cm³/mol.